The monoisotopic (exact) mass is 376 g/mol. The van der Waals surface area contributed by atoms with Gasteiger partial charge in [0.2, 0.25) is 0 Å². The van der Waals surface area contributed by atoms with Crippen molar-refractivity contribution >= 4 is 28.5 Å². The van der Waals surface area contributed by atoms with Crippen LogP contribution in [0.3, 0.4) is 0 Å². The summed E-state index contributed by atoms with van der Waals surface area (Å²) in [6.07, 6.45) is 0. The predicted molar refractivity (Wildman–Crippen MR) is 112 cm³/mol. The van der Waals surface area contributed by atoms with Crippen molar-refractivity contribution < 1.29 is 0 Å². The van der Waals surface area contributed by atoms with Crippen LogP contribution in [0.1, 0.15) is 29.8 Å². The molecule has 5 heteroatoms. The van der Waals surface area contributed by atoms with Crippen LogP contribution in [0.15, 0.2) is 54.6 Å². The summed E-state index contributed by atoms with van der Waals surface area (Å²) in [6, 6.07) is 18.1. The Bertz CT molecular complexity index is 1130. The highest BCUT2D eigenvalue weighted by Gasteiger charge is 2.21. The summed E-state index contributed by atoms with van der Waals surface area (Å²) in [5.41, 5.74) is 11.5. The van der Waals surface area contributed by atoms with Crippen LogP contribution in [0, 0.1) is 13.8 Å². The van der Waals surface area contributed by atoms with E-state index in [0.29, 0.717) is 16.7 Å². The molecule has 0 aliphatic rings. The van der Waals surface area contributed by atoms with Gasteiger partial charge in [0.15, 0.2) is 5.82 Å². The maximum Gasteiger partial charge on any atom is 0.163 e. The second kappa shape index (κ2) is 6.71. The normalized spacial score (nSPS) is 12.4. The van der Waals surface area contributed by atoms with E-state index in [0.717, 1.165) is 27.9 Å². The highest BCUT2D eigenvalue weighted by Crippen LogP contribution is 2.34. The average molecular weight is 377 g/mol. The summed E-state index contributed by atoms with van der Waals surface area (Å²) >= 11 is 6.15. The van der Waals surface area contributed by atoms with Gasteiger partial charge >= 0.3 is 0 Å². The third-order valence-electron chi connectivity index (χ3n) is 5.18. The Kier molecular flexibility index (Phi) is 4.36. The first-order chi connectivity index (χ1) is 13.0. The van der Waals surface area contributed by atoms with Crippen LogP contribution in [0.2, 0.25) is 5.02 Å². The molecule has 136 valence electrons. The smallest absolute Gasteiger partial charge is 0.163 e. The van der Waals surface area contributed by atoms with E-state index in [9.17, 15) is 0 Å². The number of aryl methyl sites for hydroxylation is 1. The Hall–Kier alpha value is -2.85. The Balaban J connectivity index is 1.98. The van der Waals surface area contributed by atoms with Gasteiger partial charge in [-0.05, 0) is 44.0 Å². The molecule has 27 heavy (non-hydrogen) atoms. The summed E-state index contributed by atoms with van der Waals surface area (Å²) in [5.74, 6) is 1.08. The number of fused-ring (bicyclic) bond motifs is 1. The molecule has 4 rings (SSSR count). The number of hydrogen-bond donors (Lipinski definition) is 1. The molecule has 2 N–H and O–H groups in total. The molecule has 0 aliphatic carbocycles. The maximum absolute atomic E-state index is 6.36. The summed E-state index contributed by atoms with van der Waals surface area (Å²) in [6.45, 7) is 6.36. The van der Waals surface area contributed by atoms with Gasteiger partial charge in [0, 0.05) is 16.3 Å². The van der Waals surface area contributed by atoms with Crippen LogP contribution >= 0.6 is 11.6 Å². The molecule has 1 atom stereocenters. The van der Waals surface area contributed by atoms with Gasteiger partial charge in [-0.15, -0.1) is 0 Å². The zero-order chi connectivity index (χ0) is 19.1. The molecule has 4 nitrogen and oxygen atoms in total. The standard InChI is InChI=1S/C22H21ClN4/c1-13-14(2)27(15(3)16-8-5-4-6-9-16)22-19(13)20(24)25-21(26-22)17-10-7-11-18(23)12-17/h4-12,15H,1-3H3,(H2,24,25,26)/t15-/m1/s1. The lowest BCUT2D eigenvalue weighted by Crippen LogP contribution is -2.10. The molecule has 0 fully saturated rings. The Morgan fingerprint density at radius 2 is 1.74 bits per heavy atom. The van der Waals surface area contributed by atoms with Gasteiger partial charge in [-0.3, -0.25) is 0 Å². The van der Waals surface area contributed by atoms with E-state index in [1.165, 1.54) is 5.56 Å². The fourth-order valence-electron chi connectivity index (χ4n) is 3.63. The third kappa shape index (κ3) is 2.96. The largest absolute Gasteiger partial charge is 0.383 e. The lowest BCUT2D eigenvalue weighted by Gasteiger charge is -2.18. The van der Waals surface area contributed by atoms with Crippen LogP contribution in [0.4, 0.5) is 5.82 Å². The van der Waals surface area contributed by atoms with Crippen molar-refractivity contribution in [2.24, 2.45) is 0 Å². The number of benzene rings is 2. The molecular weight excluding hydrogens is 356 g/mol. The molecule has 0 saturated heterocycles. The minimum absolute atomic E-state index is 0.129. The quantitative estimate of drug-likeness (QED) is 0.509. The fraction of sp³-hybridized carbons (Fsp3) is 0.182. The number of aromatic nitrogens is 3. The van der Waals surface area contributed by atoms with Crippen LogP contribution in [-0.2, 0) is 0 Å². The van der Waals surface area contributed by atoms with Crippen LogP contribution in [0.5, 0.6) is 0 Å². The zero-order valence-corrected chi connectivity index (χ0v) is 16.3. The van der Waals surface area contributed by atoms with Gasteiger partial charge in [0.05, 0.1) is 11.4 Å². The van der Waals surface area contributed by atoms with Crippen molar-refractivity contribution in [3.05, 3.63) is 76.4 Å². The van der Waals surface area contributed by atoms with Gasteiger partial charge in [-0.1, -0.05) is 54.1 Å². The van der Waals surface area contributed by atoms with Crippen molar-refractivity contribution in [3.8, 4) is 11.4 Å². The molecule has 4 aromatic rings. The topological polar surface area (TPSA) is 56.7 Å². The minimum atomic E-state index is 0.129. The van der Waals surface area contributed by atoms with E-state index in [1.54, 1.807) is 0 Å². The lowest BCUT2D eigenvalue weighted by atomic mass is 10.1. The molecular formula is C22H21ClN4. The molecule has 2 aromatic heterocycles. The molecule has 0 aliphatic heterocycles. The van der Waals surface area contributed by atoms with Gasteiger partial charge in [0.1, 0.15) is 11.5 Å². The van der Waals surface area contributed by atoms with Crippen molar-refractivity contribution in [1.29, 1.82) is 0 Å². The van der Waals surface area contributed by atoms with E-state index in [2.05, 4.69) is 54.6 Å². The molecule has 2 aromatic carbocycles. The van der Waals surface area contributed by atoms with Crippen molar-refractivity contribution in [2.75, 3.05) is 5.73 Å². The average Bonchev–Trinajstić information content (AvgIpc) is 2.93. The number of halogens is 1. The Morgan fingerprint density at radius 3 is 2.44 bits per heavy atom. The van der Waals surface area contributed by atoms with Gasteiger partial charge < -0.3 is 10.3 Å². The second-order valence-electron chi connectivity index (χ2n) is 6.81. The van der Waals surface area contributed by atoms with E-state index in [4.69, 9.17) is 22.3 Å². The summed E-state index contributed by atoms with van der Waals surface area (Å²) in [4.78, 5) is 9.44. The zero-order valence-electron chi connectivity index (χ0n) is 15.6. The van der Waals surface area contributed by atoms with Crippen LogP contribution in [0.25, 0.3) is 22.4 Å². The van der Waals surface area contributed by atoms with Crippen molar-refractivity contribution in [2.45, 2.75) is 26.8 Å². The van der Waals surface area contributed by atoms with Gasteiger partial charge in [-0.2, -0.15) is 0 Å². The minimum Gasteiger partial charge on any atom is -0.383 e. The molecule has 0 unspecified atom stereocenters. The van der Waals surface area contributed by atoms with Crippen LogP contribution < -0.4 is 5.73 Å². The molecule has 0 saturated carbocycles. The Labute approximate surface area is 163 Å². The highest BCUT2D eigenvalue weighted by atomic mass is 35.5. The summed E-state index contributed by atoms with van der Waals surface area (Å²) < 4.78 is 2.24. The first-order valence-electron chi connectivity index (χ1n) is 8.93. The molecule has 0 radical (unpaired) electrons. The van der Waals surface area contributed by atoms with Crippen molar-refractivity contribution in [1.82, 2.24) is 14.5 Å². The number of hydrogen-bond acceptors (Lipinski definition) is 3. The Morgan fingerprint density at radius 1 is 1.00 bits per heavy atom. The number of nitrogen functional groups attached to an aromatic ring is 1. The SMILES string of the molecule is Cc1c(C)n([C@H](C)c2ccccc2)c2nc(-c3cccc(Cl)c3)nc(N)c12. The molecule has 0 spiro atoms. The van der Waals surface area contributed by atoms with Gasteiger partial charge in [-0.25, -0.2) is 9.97 Å². The fourth-order valence-corrected chi connectivity index (χ4v) is 3.82. The van der Waals surface area contributed by atoms with Crippen molar-refractivity contribution in [3.63, 3.8) is 0 Å². The number of nitrogens with two attached hydrogens (primary N) is 1. The number of nitrogens with zero attached hydrogens (tertiary/aromatic N) is 3. The molecule has 0 bridgehead atoms. The first kappa shape index (κ1) is 17.6. The lowest BCUT2D eigenvalue weighted by molar-refractivity contribution is 0.639. The highest BCUT2D eigenvalue weighted by molar-refractivity contribution is 6.30. The number of anilines is 1. The van der Waals surface area contributed by atoms with E-state index in [1.807, 2.05) is 30.3 Å². The summed E-state index contributed by atoms with van der Waals surface area (Å²) in [5, 5.41) is 1.57. The van der Waals surface area contributed by atoms with E-state index < -0.39 is 0 Å². The van der Waals surface area contributed by atoms with E-state index >= 15 is 0 Å². The van der Waals surface area contributed by atoms with Gasteiger partial charge in [0.25, 0.3) is 0 Å². The molecule has 0 amide bonds. The van der Waals surface area contributed by atoms with E-state index in [-0.39, 0.29) is 6.04 Å². The summed E-state index contributed by atoms with van der Waals surface area (Å²) in [7, 11) is 0. The number of rotatable bonds is 3. The predicted octanol–water partition coefficient (Wildman–Crippen LogP) is 5.56. The second-order valence-corrected chi connectivity index (χ2v) is 7.24. The van der Waals surface area contributed by atoms with Crippen LogP contribution in [-0.4, -0.2) is 14.5 Å². The molecule has 2 heterocycles. The third-order valence-corrected chi connectivity index (χ3v) is 5.41. The first-order valence-corrected chi connectivity index (χ1v) is 9.30. The maximum atomic E-state index is 6.36.